The maximum atomic E-state index is 3.62. The van der Waals surface area contributed by atoms with Crippen LogP contribution in [-0.4, -0.2) is 0 Å². The minimum Gasteiger partial charge on any atom is -0.306 e. The highest BCUT2D eigenvalue weighted by atomic mass is 14.9. The smallest absolute Gasteiger partial charge is 0.0363 e. The molecule has 1 heterocycles. The third-order valence-corrected chi connectivity index (χ3v) is 3.53. The number of rotatable bonds is 1. The van der Waals surface area contributed by atoms with Crippen molar-refractivity contribution in [3.63, 3.8) is 0 Å². The Morgan fingerprint density at radius 3 is 2.65 bits per heavy atom. The Kier molecular flexibility index (Phi) is 2.69. The summed E-state index contributed by atoms with van der Waals surface area (Å²) in [5.74, 6) is 0. The summed E-state index contributed by atoms with van der Waals surface area (Å²) in [4.78, 5) is 0. The van der Waals surface area contributed by atoms with E-state index < -0.39 is 0 Å². The van der Waals surface area contributed by atoms with Gasteiger partial charge in [-0.3, -0.25) is 0 Å². The lowest BCUT2D eigenvalue weighted by molar-refractivity contribution is 0.499. The van der Waals surface area contributed by atoms with E-state index in [9.17, 15) is 0 Å². The third kappa shape index (κ3) is 2.11. The molecule has 0 fully saturated rings. The highest BCUT2D eigenvalue weighted by molar-refractivity contribution is 5.35. The fraction of sp³-hybridized carbons (Fsp3) is 0.250. The van der Waals surface area contributed by atoms with Crippen LogP contribution in [0.15, 0.2) is 48.5 Å². The summed E-state index contributed by atoms with van der Waals surface area (Å²) in [6, 6.07) is 18.0. The summed E-state index contributed by atoms with van der Waals surface area (Å²) in [5, 5.41) is 3.62. The van der Waals surface area contributed by atoms with Gasteiger partial charge in [0.05, 0.1) is 0 Å². The number of hydrogen-bond donors (Lipinski definition) is 1. The topological polar surface area (TPSA) is 12.0 Å². The van der Waals surface area contributed by atoms with Crippen LogP contribution in [0.1, 0.15) is 28.3 Å². The van der Waals surface area contributed by atoms with Gasteiger partial charge in [-0.1, -0.05) is 54.1 Å². The highest BCUT2D eigenvalue weighted by Gasteiger charge is 2.18. The van der Waals surface area contributed by atoms with Gasteiger partial charge in [0.25, 0.3) is 0 Å². The summed E-state index contributed by atoms with van der Waals surface area (Å²) in [6.07, 6.45) is 1.10. The Morgan fingerprint density at radius 1 is 1.00 bits per heavy atom. The van der Waals surface area contributed by atoms with E-state index in [0.29, 0.717) is 6.04 Å². The molecular weight excluding hydrogens is 206 g/mol. The van der Waals surface area contributed by atoms with E-state index in [2.05, 4.69) is 60.8 Å². The van der Waals surface area contributed by atoms with Crippen molar-refractivity contribution in [2.45, 2.75) is 25.9 Å². The molecule has 2 aromatic rings. The van der Waals surface area contributed by atoms with Gasteiger partial charge in [0.1, 0.15) is 0 Å². The van der Waals surface area contributed by atoms with Gasteiger partial charge in [-0.25, -0.2) is 0 Å². The number of hydrogen-bond acceptors (Lipinski definition) is 1. The van der Waals surface area contributed by atoms with E-state index in [1.165, 1.54) is 22.3 Å². The van der Waals surface area contributed by atoms with E-state index in [-0.39, 0.29) is 0 Å². The molecule has 1 heteroatoms. The van der Waals surface area contributed by atoms with Gasteiger partial charge in [-0.15, -0.1) is 0 Å². The second-order valence-corrected chi connectivity index (χ2v) is 4.82. The van der Waals surface area contributed by atoms with Crippen LogP contribution in [0, 0.1) is 6.92 Å². The van der Waals surface area contributed by atoms with Crippen LogP contribution in [0.4, 0.5) is 0 Å². The van der Waals surface area contributed by atoms with Crippen LogP contribution in [0.25, 0.3) is 0 Å². The van der Waals surface area contributed by atoms with Crippen molar-refractivity contribution in [3.05, 3.63) is 70.8 Å². The van der Waals surface area contributed by atoms with Gasteiger partial charge in [-0.2, -0.15) is 0 Å². The Balaban J connectivity index is 1.88. The van der Waals surface area contributed by atoms with Gasteiger partial charge < -0.3 is 5.32 Å². The summed E-state index contributed by atoms with van der Waals surface area (Å²) in [7, 11) is 0. The first-order valence-corrected chi connectivity index (χ1v) is 6.19. The van der Waals surface area contributed by atoms with Gasteiger partial charge in [0.15, 0.2) is 0 Å². The molecule has 0 bridgehead atoms. The quantitative estimate of drug-likeness (QED) is 0.781. The molecule has 3 rings (SSSR count). The molecular formula is C16H17N. The van der Waals surface area contributed by atoms with Crippen LogP contribution in [0.3, 0.4) is 0 Å². The second kappa shape index (κ2) is 4.34. The first-order chi connectivity index (χ1) is 8.33. The van der Waals surface area contributed by atoms with Crippen molar-refractivity contribution in [1.29, 1.82) is 0 Å². The van der Waals surface area contributed by atoms with E-state index >= 15 is 0 Å². The molecule has 0 aliphatic carbocycles. The first-order valence-electron chi connectivity index (χ1n) is 6.19. The predicted molar refractivity (Wildman–Crippen MR) is 70.9 cm³/mol. The zero-order valence-electron chi connectivity index (χ0n) is 10.1. The van der Waals surface area contributed by atoms with Crippen molar-refractivity contribution in [2.24, 2.45) is 0 Å². The number of benzene rings is 2. The van der Waals surface area contributed by atoms with Gasteiger partial charge in [0.2, 0.25) is 0 Å². The van der Waals surface area contributed by atoms with Crippen molar-refractivity contribution in [1.82, 2.24) is 5.32 Å². The average molecular weight is 223 g/mol. The summed E-state index contributed by atoms with van der Waals surface area (Å²) >= 11 is 0. The standard InChI is InChI=1S/C16H17N/c1-12-7-8-14-10-16(17-11-15(14)9-12)13-5-3-2-4-6-13/h2-9,16-17H,10-11H2,1H3. The molecule has 0 radical (unpaired) electrons. The molecule has 2 aromatic carbocycles. The molecule has 1 atom stereocenters. The molecule has 0 spiro atoms. The van der Waals surface area contributed by atoms with E-state index in [1.807, 2.05) is 0 Å². The molecule has 86 valence electrons. The molecule has 0 saturated carbocycles. The van der Waals surface area contributed by atoms with Crippen LogP contribution < -0.4 is 5.32 Å². The second-order valence-electron chi connectivity index (χ2n) is 4.82. The van der Waals surface area contributed by atoms with Gasteiger partial charge in [-0.05, 0) is 30.0 Å². The van der Waals surface area contributed by atoms with E-state index in [0.717, 1.165) is 13.0 Å². The van der Waals surface area contributed by atoms with Gasteiger partial charge >= 0.3 is 0 Å². The molecule has 1 N–H and O–H groups in total. The molecule has 0 amide bonds. The molecule has 17 heavy (non-hydrogen) atoms. The number of nitrogens with one attached hydrogen (secondary N) is 1. The van der Waals surface area contributed by atoms with Gasteiger partial charge in [0, 0.05) is 12.6 Å². The zero-order valence-corrected chi connectivity index (χ0v) is 10.1. The van der Waals surface area contributed by atoms with Crippen molar-refractivity contribution < 1.29 is 0 Å². The maximum absolute atomic E-state index is 3.62. The van der Waals surface area contributed by atoms with Crippen LogP contribution >= 0.6 is 0 Å². The lowest BCUT2D eigenvalue weighted by Gasteiger charge is -2.26. The van der Waals surface area contributed by atoms with Crippen LogP contribution in [0.5, 0.6) is 0 Å². The van der Waals surface area contributed by atoms with Crippen molar-refractivity contribution >= 4 is 0 Å². The fourth-order valence-electron chi connectivity index (χ4n) is 2.56. The number of aryl methyl sites for hydroxylation is 1. The monoisotopic (exact) mass is 223 g/mol. The Bertz CT molecular complexity index is 516. The SMILES string of the molecule is Cc1ccc2c(c1)CNC(c1ccccc1)C2. The third-order valence-electron chi connectivity index (χ3n) is 3.53. The molecule has 1 aliphatic rings. The lowest BCUT2D eigenvalue weighted by Crippen LogP contribution is -2.28. The summed E-state index contributed by atoms with van der Waals surface area (Å²) in [6.45, 7) is 3.14. The fourth-order valence-corrected chi connectivity index (χ4v) is 2.56. The minimum absolute atomic E-state index is 0.464. The normalized spacial score (nSPS) is 18.8. The zero-order chi connectivity index (χ0) is 11.7. The largest absolute Gasteiger partial charge is 0.306 e. The van der Waals surface area contributed by atoms with Crippen molar-refractivity contribution in [2.75, 3.05) is 0 Å². The van der Waals surface area contributed by atoms with E-state index in [1.54, 1.807) is 0 Å². The molecule has 0 aromatic heterocycles. The number of fused-ring (bicyclic) bond motifs is 1. The summed E-state index contributed by atoms with van der Waals surface area (Å²) in [5.41, 5.74) is 5.68. The Morgan fingerprint density at radius 2 is 1.82 bits per heavy atom. The lowest BCUT2D eigenvalue weighted by atomic mass is 9.91. The molecule has 0 saturated heterocycles. The Labute approximate surface area is 102 Å². The highest BCUT2D eigenvalue weighted by Crippen LogP contribution is 2.26. The molecule has 1 nitrogen and oxygen atoms in total. The summed E-state index contributed by atoms with van der Waals surface area (Å²) < 4.78 is 0. The first kappa shape index (κ1) is 10.5. The Hall–Kier alpha value is -1.60. The van der Waals surface area contributed by atoms with Crippen LogP contribution in [0.2, 0.25) is 0 Å². The average Bonchev–Trinajstić information content (AvgIpc) is 2.39. The molecule has 1 unspecified atom stereocenters. The maximum Gasteiger partial charge on any atom is 0.0363 e. The van der Waals surface area contributed by atoms with E-state index in [4.69, 9.17) is 0 Å². The predicted octanol–water partition coefficient (Wildman–Crippen LogP) is 3.38. The van der Waals surface area contributed by atoms with Crippen LogP contribution in [-0.2, 0) is 13.0 Å². The van der Waals surface area contributed by atoms with Crippen molar-refractivity contribution in [3.8, 4) is 0 Å². The molecule has 1 aliphatic heterocycles. The minimum atomic E-state index is 0.464.